The highest BCUT2D eigenvalue weighted by Gasteiger charge is 2.13. The number of benzene rings is 4. The maximum absolute atomic E-state index is 2.38. The molecule has 1 nitrogen and oxygen atoms in total. The maximum atomic E-state index is 2.38. The fourth-order valence-corrected chi connectivity index (χ4v) is 4.41. The molecule has 4 aromatic carbocycles. The first-order valence-corrected chi connectivity index (χ1v) is 9.80. The van der Waals surface area contributed by atoms with E-state index in [0.717, 1.165) is 0 Å². The van der Waals surface area contributed by atoms with Gasteiger partial charge in [0.2, 0.25) is 0 Å². The minimum Gasteiger partial charge on any atom is -0.309 e. The van der Waals surface area contributed by atoms with E-state index in [0.29, 0.717) is 0 Å². The van der Waals surface area contributed by atoms with Crippen molar-refractivity contribution < 1.29 is 0 Å². The molecular weight excluding hydrogens is 338 g/mol. The zero-order valence-corrected chi connectivity index (χ0v) is 16.5. The quantitative estimate of drug-likeness (QED) is 0.309. The predicted octanol–water partition coefficient (Wildman–Crippen LogP) is 7.38. The van der Waals surface area contributed by atoms with Gasteiger partial charge in [0.05, 0.1) is 11.0 Å². The topological polar surface area (TPSA) is 4.93 Å². The highest BCUT2D eigenvalue weighted by Crippen LogP contribution is 2.34. The van der Waals surface area contributed by atoms with Crippen LogP contribution in [0.3, 0.4) is 0 Å². The monoisotopic (exact) mass is 361 g/mol. The Labute approximate surface area is 165 Å². The van der Waals surface area contributed by atoms with Crippen molar-refractivity contribution in [1.29, 1.82) is 0 Å². The van der Waals surface area contributed by atoms with Gasteiger partial charge in [-0.1, -0.05) is 66.2 Å². The number of fused-ring (bicyclic) bond motifs is 3. The van der Waals surface area contributed by atoms with E-state index in [4.69, 9.17) is 0 Å². The van der Waals surface area contributed by atoms with Crippen molar-refractivity contribution in [2.75, 3.05) is 0 Å². The largest absolute Gasteiger partial charge is 0.309 e. The fourth-order valence-electron chi connectivity index (χ4n) is 4.41. The average Bonchev–Trinajstić information content (AvgIpc) is 3.03. The lowest BCUT2D eigenvalue weighted by Crippen LogP contribution is -1.96. The minimum absolute atomic E-state index is 1.21. The Morgan fingerprint density at radius 2 is 1.07 bits per heavy atom. The van der Waals surface area contributed by atoms with Gasteiger partial charge in [-0.2, -0.15) is 0 Å². The van der Waals surface area contributed by atoms with Gasteiger partial charge in [-0.3, -0.25) is 0 Å². The van der Waals surface area contributed by atoms with E-state index in [1.807, 2.05) is 0 Å². The molecule has 5 aromatic rings. The van der Waals surface area contributed by atoms with Crippen LogP contribution in [0.5, 0.6) is 0 Å². The minimum atomic E-state index is 1.21. The summed E-state index contributed by atoms with van der Waals surface area (Å²) in [5.74, 6) is 0. The summed E-state index contributed by atoms with van der Waals surface area (Å²) in [6, 6.07) is 30.9. The van der Waals surface area contributed by atoms with Crippen molar-refractivity contribution in [3.8, 4) is 16.8 Å². The second kappa shape index (κ2) is 6.38. The summed E-state index contributed by atoms with van der Waals surface area (Å²) < 4.78 is 2.38. The summed E-state index contributed by atoms with van der Waals surface area (Å²) in [7, 11) is 0. The molecule has 0 aliphatic rings. The van der Waals surface area contributed by atoms with Crippen LogP contribution in [0, 0.1) is 20.8 Å². The van der Waals surface area contributed by atoms with E-state index in [2.05, 4.69) is 110 Å². The summed E-state index contributed by atoms with van der Waals surface area (Å²) in [4.78, 5) is 0. The molecule has 28 heavy (non-hydrogen) atoms. The van der Waals surface area contributed by atoms with Crippen LogP contribution in [0.15, 0.2) is 84.9 Å². The maximum Gasteiger partial charge on any atom is 0.0541 e. The lowest BCUT2D eigenvalue weighted by molar-refractivity contribution is 1.17. The number of hydrogen-bond acceptors (Lipinski definition) is 0. The standard InChI is InChI=1S/C27H23N/c1-18-12-14-22(19(2)16-18)23-15-13-21(17-20(23)3)28-26-10-6-4-8-24(26)25-9-5-7-11-27(25)28/h4-17H,1-3H3. The number of aromatic nitrogens is 1. The molecule has 1 heteroatoms. The third-order valence-electron chi connectivity index (χ3n) is 5.72. The van der Waals surface area contributed by atoms with E-state index in [1.54, 1.807) is 0 Å². The van der Waals surface area contributed by atoms with Crippen LogP contribution in [0.4, 0.5) is 0 Å². The predicted molar refractivity (Wildman–Crippen MR) is 120 cm³/mol. The summed E-state index contributed by atoms with van der Waals surface area (Å²) in [5.41, 5.74) is 10.3. The molecule has 0 fully saturated rings. The molecule has 0 bridgehead atoms. The van der Waals surface area contributed by atoms with Crippen molar-refractivity contribution >= 4 is 21.8 Å². The zero-order chi connectivity index (χ0) is 19.3. The molecule has 0 unspecified atom stereocenters. The average molecular weight is 361 g/mol. The van der Waals surface area contributed by atoms with Crippen molar-refractivity contribution in [2.45, 2.75) is 20.8 Å². The molecule has 0 saturated heterocycles. The molecule has 0 radical (unpaired) electrons. The Morgan fingerprint density at radius 1 is 0.536 bits per heavy atom. The first kappa shape index (κ1) is 16.8. The molecular formula is C27H23N. The molecule has 136 valence electrons. The first-order chi connectivity index (χ1) is 13.6. The molecule has 1 aromatic heterocycles. The van der Waals surface area contributed by atoms with E-state index >= 15 is 0 Å². The zero-order valence-electron chi connectivity index (χ0n) is 16.5. The second-order valence-electron chi connectivity index (χ2n) is 7.69. The van der Waals surface area contributed by atoms with Crippen molar-refractivity contribution in [1.82, 2.24) is 4.57 Å². The number of hydrogen-bond donors (Lipinski definition) is 0. The van der Waals surface area contributed by atoms with Crippen molar-refractivity contribution in [2.24, 2.45) is 0 Å². The highest BCUT2D eigenvalue weighted by atomic mass is 15.0. The van der Waals surface area contributed by atoms with E-state index in [9.17, 15) is 0 Å². The molecule has 0 saturated carbocycles. The first-order valence-electron chi connectivity index (χ1n) is 9.80. The van der Waals surface area contributed by atoms with Gasteiger partial charge in [-0.15, -0.1) is 0 Å². The molecule has 0 atom stereocenters. The Morgan fingerprint density at radius 3 is 1.64 bits per heavy atom. The Balaban J connectivity index is 1.74. The molecule has 1 heterocycles. The summed E-state index contributed by atoms with van der Waals surface area (Å²) >= 11 is 0. The van der Waals surface area contributed by atoms with Gasteiger partial charge in [0.25, 0.3) is 0 Å². The molecule has 0 aliphatic heterocycles. The number of rotatable bonds is 2. The summed E-state index contributed by atoms with van der Waals surface area (Å²) in [5, 5.41) is 2.60. The summed E-state index contributed by atoms with van der Waals surface area (Å²) in [6.07, 6.45) is 0. The lowest BCUT2D eigenvalue weighted by Gasteiger charge is -2.14. The van der Waals surface area contributed by atoms with Gasteiger partial charge in [-0.05, 0) is 67.3 Å². The number of para-hydroxylation sites is 2. The molecule has 5 rings (SSSR count). The van der Waals surface area contributed by atoms with Crippen LogP contribution in [0.1, 0.15) is 16.7 Å². The smallest absolute Gasteiger partial charge is 0.0541 e. The number of aryl methyl sites for hydroxylation is 3. The third kappa shape index (κ3) is 2.55. The van der Waals surface area contributed by atoms with Gasteiger partial charge < -0.3 is 4.57 Å². The van der Waals surface area contributed by atoms with Crippen LogP contribution >= 0.6 is 0 Å². The second-order valence-corrected chi connectivity index (χ2v) is 7.69. The third-order valence-corrected chi connectivity index (χ3v) is 5.72. The van der Waals surface area contributed by atoms with Gasteiger partial charge >= 0.3 is 0 Å². The van der Waals surface area contributed by atoms with Gasteiger partial charge in [-0.25, -0.2) is 0 Å². The fraction of sp³-hybridized carbons (Fsp3) is 0.111. The van der Waals surface area contributed by atoms with Gasteiger partial charge in [0, 0.05) is 16.5 Å². The van der Waals surface area contributed by atoms with E-state index in [1.165, 1.54) is 55.3 Å². The Bertz CT molecular complexity index is 1280. The van der Waals surface area contributed by atoms with Crippen LogP contribution in [0.25, 0.3) is 38.6 Å². The van der Waals surface area contributed by atoms with Gasteiger partial charge in [0.1, 0.15) is 0 Å². The van der Waals surface area contributed by atoms with Crippen LogP contribution in [-0.2, 0) is 0 Å². The van der Waals surface area contributed by atoms with Crippen molar-refractivity contribution in [3.63, 3.8) is 0 Å². The van der Waals surface area contributed by atoms with Crippen LogP contribution in [-0.4, -0.2) is 4.57 Å². The van der Waals surface area contributed by atoms with Gasteiger partial charge in [0.15, 0.2) is 0 Å². The Hall–Kier alpha value is -3.32. The molecule has 0 amide bonds. The summed E-state index contributed by atoms with van der Waals surface area (Å²) in [6.45, 7) is 6.56. The normalized spacial score (nSPS) is 11.4. The van der Waals surface area contributed by atoms with Crippen LogP contribution in [0.2, 0.25) is 0 Å². The van der Waals surface area contributed by atoms with E-state index < -0.39 is 0 Å². The highest BCUT2D eigenvalue weighted by molar-refractivity contribution is 6.09. The molecule has 0 N–H and O–H groups in total. The number of nitrogens with zero attached hydrogens (tertiary/aromatic N) is 1. The van der Waals surface area contributed by atoms with E-state index in [-0.39, 0.29) is 0 Å². The van der Waals surface area contributed by atoms with Crippen molar-refractivity contribution in [3.05, 3.63) is 102 Å². The Kier molecular flexibility index (Phi) is 3.84. The van der Waals surface area contributed by atoms with Crippen LogP contribution < -0.4 is 0 Å². The molecule has 0 spiro atoms. The molecule has 0 aliphatic carbocycles. The lowest BCUT2D eigenvalue weighted by atomic mass is 9.95. The SMILES string of the molecule is Cc1ccc(-c2ccc(-n3c4ccccc4c4ccccc43)cc2C)c(C)c1.